The van der Waals surface area contributed by atoms with Gasteiger partial charge in [-0.25, -0.2) is 0 Å². The van der Waals surface area contributed by atoms with Crippen LogP contribution in [0.25, 0.3) is 0 Å². The fourth-order valence-corrected chi connectivity index (χ4v) is 3.91. The zero-order valence-electron chi connectivity index (χ0n) is 11.8. The van der Waals surface area contributed by atoms with Gasteiger partial charge in [0.25, 0.3) is 0 Å². The van der Waals surface area contributed by atoms with E-state index in [0.717, 1.165) is 30.5 Å². The molecule has 6 heteroatoms. The molecule has 0 aromatic heterocycles. The van der Waals surface area contributed by atoms with Gasteiger partial charge in [-0.15, -0.1) is 0 Å². The zero-order chi connectivity index (χ0) is 16.1. The highest BCUT2D eigenvalue weighted by Gasteiger charge is 2.52. The van der Waals surface area contributed by atoms with Gasteiger partial charge in [0, 0.05) is 5.92 Å². The van der Waals surface area contributed by atoms with Crippen molar-refractivity contribution in [1.29, 1.82) is 0 Å². The van der Waals surface area contributed by atoms with Crippen LogP contribution in [0.15, 0.2) is 35.6 Å². The minimum Gasteiger partial charge on any atom is -0.490 e. The van der Waals surface area contributed by atoms with Crippen LogP contribution in [-0.2, 0) is 15.7 Å². The van der Waals surface area contributed by atoms with E-state index in [4.69, 9.17) is 4.74 Å². The summed E-state index contributed by atoms with van der Waals surface area (Å²) in [6.45, 7) is 2.26. The molecule has 0 unspecified atom stereocenters. The molecule has 2 atom stereocenters. The fraction of sp³-hybridized carbons (Fsp3) is 0.438. The number of Topliss-reactive ketones (excluding diaryl/α,β-unsaturated/α-hetero) is 1. The van der Waals surface area contributed by atoms with Crippen LogP contribution in [0.5, 0.6) is 0 Å². The molecular weight excluding hydrogens is 361 g/mol. The second-order valence-electron chi connectivity index (χ2n) is 5.76. The van der Waals surface area contributed by atoms with Crippen molar-refractivity contribution in [1.82, 2.24) is 0 Å². The Morgan fingerprint density at radius 3 is 2.50 bits per heavy atom. The smallest absolute Gasteiger partial charge is 0.416 e. The van der Waals surface area contributed by atoms with E-state index in [9.17, 15) is 18.0 Å². The molecule has 0 N–H and O–H groups in total. The van der Waals surface area contributed by atoms with Crippen molar-refractivity contribution < 1.29 is 22.7 Å². The average Bonchev–Trinajstić information content (AvgIpc) is 2.66. The average molecular weight is 375 g/mol. The highest BCUT2D eigenvalue weighted by atomic mass is 79.9. The number of allylic oxidation sites excluding steroid dienone is 2. The van der Waals surface area contributed by atoms with Crippen LogP contribution >= 0.6 is 15.9 Å². The van der Waals surface area contributed by atoms with E-state index in [0.29, 0.717) is 17.9 Å². The number of halogens is 4. The summed E-state index contributed by atoms with van der Waals surface area (Å²) in [7, 11) is 0. The molecule has 2 aliphatic rings. The van der Waals surface area contributed by atoms with Gasteiger partial charge in [-0.3, -0.25) is 4.79 Å². The third-order valence-electron chi connectivity index (χ3n) is 4.24. The summed E-state index contributed by atoms with van der Waals surface area (Å²) in [6, 6.07) is 5.02. The molecule has 1 aliphatic carbocycles. The maximum atomic E-state index is 12.7. The van der Waals surface area contributed by atoms with Crippen molar-refractivity contribution in [3.05, 3.63) is 46.7 Å². The molecule has 0 spiro atoms. The Morgan fingerprint density at radius 2 is 1.91 bits per heavy atom. The molecule has 2 nitrogen and oxygen atoms in total. The third kappa shape index (κ3) is 2.37. The topological polar surface area (TPSA) is 26.3 Å². The number of ether oxygens (including phenoxy) is 1. The van der Waals surface area contributed by atoms with Gasteiger partial charge in [0.15, 0.2) is 5.76 Å². The second-order valence-corrected chi connectivity index (χ2v) is 7.41. The van der Waals surface area contributed by atoms with Crippen LogP contribution in [0, 0.1) is 0 Å². The molecule has 0 bridgehead atoms. The number of rotatable bonds is 1. The molecule has 0 radical (unpaired) electrons. The molecule has 118 valence electrons. The van der Waals surface area contributed by atoms with Crippen molar-refractivity contribution in [2.75, 3.05) is 6.61 Å². The van der Waals surface area contributed by atoms with Gasteiger partial charge in [-0.2, -0.15) is 13.2 Å². The number of carbonyl (C=O) groups excluding carboxylic acids is 1. The van der Waals surface area contributed by atoms with Crippen LogP contribution in [0.3, 0.4) is 0 Å². The van der Waals surface area contributed by atoms with E-state index in [2.05, 4.69) is 15.9 Å². The molecule has 0 saturated carbocycles. The maximum absolute atomic E-state index is 12.7. The Bertz CT molecular complexity index is 644. The quantitative estimate of drug-likeness (QED) is 0.672. The Labute approximate surface area is 134 Å². The Morgan fingerprint density at radius 1 is 1.27 bits per heavy atom. The predicted molar refractivity (Wildman–Crippen MR) is 78.7 cm³/mol. The minimum absolute atomic E-state index is 0.132. The summed E-state index contributed by atoms with van der Waals surface area (Å²) in [5.41, 5.74) is 0.887. The molecule has 1 heterocycles. The molecule has 3 rings (SSSR count). The summed E-state index contributed by atoms with van der Waals surface area (Å²) >= 11 is 3.47. The lowest BCUT2D eigenvalue weighted by atomic mass is 9.83. The first-order valence-corrected chi connectivity index (χ1v) is 7.79. The van der Waals surface area contributed by atoms with Gasteiger partial charge in [-0.05, 0) is 43.0 Å². The highest BCUT2D eigenvalue weighted by Crippen LogP contribution is 2.52. The van der Waals surface area contributed by atoms with E-state index in [1.807, 2.05) is 0 Å². The van der Waals surface area contributed by atoms with Crippen molar-refractivity contribution in [3.8, 4) is 0 Å². The molecule has 0 saturated heterocycles. The lowest BCUT2D eigenvalue weighted by Crippen LogP contribution is -2.30. The van der Waals surface area contributed by atoms with Gasteiger partial charge in [0.05, 0.1) is 16.5 Å². The largest absolute Gasteiger partial charge is 0.490 e. The molecular formula is C16H14BrF3O2. The monoisotopic (exact) mass is 374 g/mol. The predicted octanol–water partition coefficient (Wildman–Crippen LogP) is 4.59. The summed E-state index contributed by atoms with van der Waals surface area (Å²) in [5.74, 6) is -0.0415. The van der Waals surface area contributed by atoms with Crippen molar-refractivity contribution in [3.63, 3.8) is 0 Å². The van der Waals surface area contributed by atoms with Crippen LogP contribution < -0.4 is 0 Å². The Hall–Kier alpha value is -1.30. The summed E-state index contributed by atoms with van der Waals surface area (Å²) in [4.78, 5) is 12.5. The number of carbonyl (C=O) groups is 1. The van der Waals surface area contributed by atoms with Gasteiger partial charge < -0.3 is 4.74 Å². The van der Waals surface area contributed by atoms with E-state index < -0.39 is 16.1 Å². The third-order valence-corrected chi connectivity index (χ3v) is 5.06. The minimum atomic E-state index is -4.36. The fourth-order valence-electron chi connectivity index (χ4n) is 3.19. The van der Waals surface area contributed by atoms with Gasteiger partial charge in [0.1, 0.15) is 0 Å². The van der Waals surface area contributed by atoms with Gasteiger partial charge >= 0.3 is 6.18 Å². The lowest BCUT2D eigenvalue weighted by molar-refractivity contribution is -0.137. The normalized spacial score (nSPS) is 28.6. The van der Waals surface area contributed by atoms with Crippen LogP contribution in [0.4, 0.5) is 13.2 Å². The first kappa shape index (κ1) is 15.6. The summed E-state index contributed by atoms with van der Waals surface area (Å²) < 4.78 is 42.7. The van der Waals surface area contributed by atoms with Gasteiger partial charge in [-0.1, -0.05) is 28.1 Å². The standard InChI is InChI=1S/C16H14BrF3O2/c1-15(17)12(11-3-2-8-22-13(11)14(15)21)9-4-6-10(7-5-9)16(18,19)20/h4-7,12H,2-3,8H2,1H3/t12-,15+/m0/s1. The second kappa shape index (κ2) is 5.11. The van der Waals surface area contributed by atoms with Crippen molar-refractivity contribution >= 4 is 21.7 Å². The molecule has 22 heavy (non-hydrogen) atoms. The first-order valence-electron chi connectivity index (χ1n) is 6.99. The number of ketones is 1. The number of hydrogen-bond donors (Lipinski definition) is 0. The van der Waals surface area contributed by atoms with E-state index in [1.165, 1.54) is 12.1 Å². The van der Waals surface area contributed by atoms with Crippen molar-refractivity contribution in [2.45, 2.75) is 36.2 Å². The highest BCUT2D eigenvalue weighted by molar-refractivity contribution is 9.10. The molecule has 0 fully saturated rings. The van der Waals surface area contributed by atoms with Crippen LogP contribution in [0.2, 0.25) is 0 Å². The van der Waals surface area contributed by atoms with E-state index in [1.54, 1.807) is 6.92 Å². The molecule has 1 aromatic rings. The SMILES string of the molecule is C[C@]1(Br)C(=O)C2=C(CCCO2)[C@@H]1c1ccc(C(F)(F)F)cc1. The summed E-state index contributed by atoms with van der Waals surface area (Å²) in [6.07, 6.45) is -2.82. The first-order chi connectivity index (χ1) is 10.2. The van der Waals surface area contributed by atoms with Crippen LogP contribution in [-0.4, -0.2) is 16.7 Å². The molecule has 1 aromatic carbocycles. The zero-order valence-corrected chi connectivity index (χ0v) is 13.4. The van der Waals surface area contributed by atoms with Gasteiger partial charge in [0.2, 0.25) is 5.78 Å². The molecule has 0 amide bonds. The Balaban J connectivity index is 2.03. The number of alkyl halides is 4. The van der Waals surface area contributed by atoms with Crippen LogP contribution in [0.1, 0.15) is 36.8 Å². The number of hydrogen-bond acceptors (Lipinski definition) is 2. The van der Waals surface area contributed by atoms with Crippen molar-refractivity contribution in [2.24, 2.45) is 0 Å². The molecule has 1 aliphatic heterocycles. The number of benzene rings is 1. The van der Waals surface area contributed by atoms with E-state index >= 15 is 0 Å². The lowest BCUT2D eigenvalue weighted by Gasteiger charge is -2.26. The maximum Gasteiger partial charge on any atom is 0.416 e. The summed E-state index contributed by atoms with van der Waals surface area (Å²) in [5, 5.41) is 0. The Kier molecular flexibility index (Phi) is 3.62. The van der Waals surface area contributed by atoms with E-state index in [-0.39, 0.29) is 11.7 Å².